The molecule has 2 saturated carbocycles. The van der Waals surface area contributed by atoms with Crippen LogP contribution in [0.5, 0.6) is 0 Å². The number of hydrogen-bond acceptors (Lipinski definition) is 1. The Morgan fingerprint density at radius 1 is 1.13 bits per heavy atom. The van der Waals surface area contributed by atoms with E-state index in [1.807, 2.05) is 0 Å². The van der Waals surface area contributed by atoms with Crippen molar-refractivity contribution in [1.82, 2.24) is 4.90 Å². The fraction of sp³-hybridized carbons (Fsp3) is 1.00. The molecule has 2 fully saturated rings. The molecule has 2 heteroatoms. The minimum absolute atomic E-state index is 0.631. The van der Waals surface area contributed by atoms with E-state index < -0.39 is 0 Å². The first-order valence-corrected chi connectivity index (χ1v) is 7.64. The normalized spacial score (nSPS) is 26.6. The summed E-state index contributed by atoms with van der Waals surface area (Å²) in [6.07, 6.45) is 11.6. The van der Waals surface area contributed by atoms with Crippen molar-refractivity contribution in [2.45, 2.75) is 57.4 Å². The summed E-state index contributed by atoms with van der Waals surface area (Å²) in [5.41, 5.74) is 0.631. The summed E-state index contributed by atoms with van der Waals surface area (Å²) >= 11 is 3.71. The van der Waals surface area contributed by atoms with Gasteiger partial charge in [-0.25, -0.2) is 0 Å². The average Bonchev–Trinajstić information content (AvgIpc) is 2.24. The van der Waals surface area contributed by atoms with E-state index in [9.17, 15) is 0 Å². The molecule has 15 heavy (non-hydrogen) atoms. The topological polar surface area (TPSA) is 3.24 Å². The fourth-order valence-electron chi connectivity index (χ4n) is 3.19. The van der Waals surface area contributed by atoms with Crippen molar-refractivity contribution < 1.29 is 0 Å². The second-order valence-corrected chi connectivity index (χ2v) is 6.25. The molecule has 0 bridgehead atoms. The van der Waals surface area contributed by atoms with Crippen molar-refractivity contribution in [2.75, 3.05) is 18.9 Å². The van der Waals surface area contributed by atoms with Crippen LogP contribution >= 0.6 is 15.9 Å². The zero-order valence-corrected chi connectivity index (χ0v) is 11.6. The number of nitrogens with zero attached hydrogens (tertiary/aromatic N) is 1. The quantitative estimate of drug-likeness (QED) is 0.704. The van der Waals surface area contributed by atoms with Crippen molar-refractivity contribution >= 4 is 15.9 Å². The van der Waals surface area contributed by atoms with Crippen molar-refractivity contribution in [3.63, 3.8) is 0 Å². The SMILES string of the molecule is CN(CC1(CBr)CCC1)C1CCCCC1. The zero-order chi connectivity index (χ0) is 10.7. The smallest absolute Gasteiger partial charge is 0.0100 e. The van der Waals surface area contributed by atoms with Gasteiger partial charge in [-0.1, -0.05) is 41.6 Å². The molecule has 2 aliphatic carbocycles. The first kappa shape index (κ1) is 11.9. The van der Waals surface area contributed by atoms with Crippen LogP contribution in [0, 0.1) is 5.41 Å². The monoisotopic (exact) mass is 273 g/mol. The lowest BCUT2D eigenvalue weighted by Gasteiger charge is -2.45. The van der Waals surface area contributed by atoms with Crippen LogP contribution in [0.2, 0.25) is 0 Å². The first-order chi connectivity index (χ1) is 7.26. The van der Waals surface area contributed by atoms with Gasteiger partial charge in [-0.2, -0.15) is 0 Å². The van der Waals surface area contributed by atoms with Crippen LogP contribution in [-0.2, 0) is 0 Å². The van der Waals surface area contributed by atoms with Gasteiger partial charge in [0, 0.05) is 17.9 Å². The van der Waals surface area contributed by atoms with Gasteiger partial charge in [0.2, 0.25) is 0 Å². The molecule has 0 saturated heterocycles. The molecule has 0 atom stereocenters. The summed E-state index contributed by atoms with van der Waals surface area (Å²) in [7, 11) is 2.35. The van der Waals surface area contributed by atoms with Crippen LogP contribution in [0.1, 0.15) is 51.4 Å². The highest BCUT2D eigenvalue weighted by Gasteiger charge is 2.37. The van der Waals surface area contributed by atoms with Crippen LogP contribution in [0.25, 0.3) is 0 Å². The highest BCUT2D eigenvalue weighted by Crippen LogP contribution is 2.43. The van der Waals surface area contributed by atoms with Crippen molar-refractivity contribution in [3.05, 3.63) is 0 Å². The van der Waals surface area contributed by atoms with Crippen molar-refractivity contribution in [1.29, 1.82) is 0 Å². The van der Waals surface area contributed by atoms with Crippen LogP contribution in [0.4, 0.5) is 0 Å². The molecule has 0 aliphatic heterocycles. The van der Waals surface area contributed by atoms with Gasteiger partial charge in [0.1, 0.15) is 0 Å². The number of rotatable bonds is 4. The van der Waals surface area contributed by atoms with Gasteiger partial charge in [-0.15, -0.1) is 0 Å². The van der Waals surface area contributed by atoms with E-state index in [1.165, 1.54) is 63.2 Å². The average molecular weight is 274 g/mol. The van der Waals surface area contributed by atoms with Gasteiger partial charge in [0.15, 0.2) is 0 Å². The summed E-state index contributed by atoms with van der Waals surface area (Å²) in [5.74, 6) is 0. The zero-order valence-electron chi connectivity index (χ0n) is 9.97. The Morgan fingerprint density at radius 3 is 2.27 bits per heavy atom. The van der Waals surface area contributed by atoms with E-state index in [0.29, 0.717) is 5.41 Å². The summed E-state index contributed by atoms with van der Waals surface area (Å²) in [5, 5.41) is 1.21. The maximum Gasteiger partial charge on any atom is 0.0100 e. The molecule has 0 radical (unpaired) electrons. The van der Waals surface area contributed by atoms with Gasteiger partial charge < -0.3 is 4.90 Å². The lowest BCUT2D eigenvalue weighted by Crippen LogP contribution is -2.46. The number of alkyl halides is 1. The van der Waals surface area contributed by atoms with E-state index in [-0.39, 0.29) is 0 Å². The highest BCUT2D eigenvalue weighted by atomic mass is 79.9. The van der Waals surface area contributed by atoms with Crippen LogP contribution in [0.15, 0.2) is 0 Å². The second kappa shape index (κ2) is 5.18. The predicted octanol–water partition coefficient (Wildman–Crippen LogP) is 3.82. The standard InChI is InChI=1S/C13H24BrN/c1-15(12-6-3-2-4-7-12)11-13(10-14)8-5-9-13/h12H,2-11H2,1H3. The third kappa shape index (κ3) is 2.76. The molecule has 0 aromatic carbocycles. The molecular formula is C13H24BrN. The third-order valence-corrected chi connectivity index (χ3v) is 5.67. The summed E-state index contributed by atoms with van der Waals surface area (Å²) in [4.78, 5) is 2.65. The Morgan fingerprint density at radius 2 is 1.80 bits per heavy atom. The lowest BCUT2D eigenvalue weighted by molar-refractivity contribution is 0.0704. The highest BCUT2D eigenvalue weighted by molar-refractivity contribution is 9.09. The molecule has 0 amide bonds. The van der Waals surface area contributed by atoms with Crippen molar-refractivity contribution in [2.24, 2.45) is 5.41 Å². The Balaban J connectivity index is 1.82. The third-order valence-electron chi connectivity index (χ3n) is 4.48. The molecule has 2 aliphatic rings. The van der Waals surface area contributed by atoms with Crippen LogP contribution in [0.3, 0.4) is 0 Å². The fourth-order valence-corrected chi connectivity index (χ4v) is 3.93. The first-order valence-electron chi connectivity index (χ1n) is 6.52. The predicted molar refractivity (Wildman–Crippen MR) is 69.6 cm³/mol. The van der Waals surface area contributed by atoms with E-state index in [2.05, 4.69) is 27.9 Å². The van der Waals surface area contributed by atoms with E-state index in [0.717, 1.165) is 6.04 Å². The Bertz CT molecular complexity index is 189. The minimum Gasteiger partial charge on any atom is -0.303 e. The number of hydrogen-bond donors (Lipinski definition) is 0. The molecule has 0 heterocycles. The van der Waals surface area contributed by atoms with E-state index in [4.69, 9.17) is 0 Å². The Hall–Kier alpha value is 0.440. The lowest BCUT2D eigenvalue weighted by atomic mass is 9.70. The summed E-state index contributed by atoms with van der Waals surface area (Å²) < 4.78 is 0. The molecule has 0 spiro atoms. The molecule has 2 rings (SSSR count). The molecule has 88 valence electrons. The van der Waals surface area contributed by atoms with Gasteiger partial charge in [-0.05, 0) is 38.1 Å². The Kier molecular flexibility index (Phi) is 4.11. The van der Waals surface area contributed by atoms with Crippen molar-refractivity contribution in [3.8, 4) is 0 Å². The molecule has 0 unspecified atom stereocenters. The Labute approximate surface area is 103 Å². The molecule has 0 aromatic rings. The second-order valence-electron chi connectivity index (χ2n) is 5.69. The molecule has 0 N–H and O–H groups in total. The molecule has 0 aromatic heterocycles. The van der Waals surface area contributed by atoms with Gasteiger partial charge in [0.05, 0.1) is 0 Å². The minimum atomic E-state index is 0.631. The largest absolute Gasteiger partial charge is 0.303 e. The van der Waals surface area contributed by atoms with E-state index >= 15 is 0 Å². The summed E-state index contributed by atoms with van der Waals surface area (Å²) in [6, 6.07) is 0.885. The maximum absolute atomic E-state index is 3.71. The van der Waals surface area contributed by atoms with Gasteiger partial charge >= 0.3 is 0 Å². The van der Waals surface area contributed by atoms with Gasteiger partial charge in [0.25, 0.3) is 0 Å². The number of halogens is 1. The van der Waals surface area contributed by atoms with E-state index in [1.54, 1.807) is 0 Å². The summed E-state index contributed by atoms with van der Waals surface area (Å²) in [6.45, 7) is 1.32. The molecule has 1 nitrogen and oxygen atoms in total. The van der Waals surface area contributed by atoms with Crippen LogP contribution in [-0.4, -0.2) is 29.9 Å². The maximum atomic E-state index is 3.71. The van der Waals surface area contributed by atoms with Gasteiger partial charge in [-0.3, -0.25) is 0 Å². The molecular weight excluding hydrogens is 250 g/mol. The van der Waals surface area contributed by atoms with Crippen LogP contribution < -0.4 is 0 Å².